The van der Waals surface area contributed by atoms with Crippen LogP contribution in [0.15, 0.2) is 0 Å². The van der Waals surface area contributed by atoms with Crippen molar-refractivity contribution in [3.8, 4) is 0 Å². The van der Waals surface area contributed by atoms with Gasteiger partial charge in [-0.1, -0.05) is 103 Å². The van der Waals surface area contributed by atoms with Crippen LogP contribution in [-0.4, -0.2) is 56.6 Å². The summed E-state index contributed by atoms with van der Waals surface area (Å²) < 4.78 is 22.5. The molecular weight excluding hydrogens is 413 g/mol. The van der Waals surface area contributed by atoms with E-state index in [-0.39, 0.29) is 13.2 Å². The third-order valence-electron chi connectivity index (χ3n) is 5.62. The molecule has 0 aromatic heterocycles. The number of unbranched alkanes of at least 4 members (excludes halogenated alkanes) is 14. The summed E-state index contributed by atoms with van der Waals surface area (Å²) in [5, 5.41) is 9.42. The van der Waals surface area contributed by atoms with Crippen molar-refractivity contribution in [3.63, 3.8) is 0 Å². The SMILES string of the molecule is CCCCCCCCCCCCCCCCCC(CO)OP(=O)([O-])OCC[N+](C)(C)C. The Kier molecular flexibility index (Phi) is 19.5. The molecule has 6 nitrogen and oxygen atoms in total. The fourth-order valence-corrected chi connectivity index (χ4v) is 4.46. The Labute approximate surface area is 192 Å². The average molecular weight is 466 g/mol. The molecule has 0 saturated carbocycles. The quantitative estimate of drug-likeness (QED) is 0.117. The molecule has 2 unspecified atom stereocenters. The summed E-state index contributed by atoms with van der Waals surface area (Å²) in [6, 6.07) is 0. The number of phosphoric ester groups is 1. The van der Waals surface area contributed by atoms with E-state index >= 15 is 0 Å². The largest absolute Gasteiger partial charge is 0.756 e. The Morgan fingerprint density at radius 1 is 0.806 bits per heavy atom. The van der Waals surface area contributed by atoms with Crippen molar-refractivity contribution in [2.45, 2.75) is 116 Å². The summed E-state index contributed by atoms with van der Waals surface area (Å²) in [7, 11) is 1.53. The molecule has 0 radical (unpaired) electrons. The second-order valence-corrected chi connectivity index (χ2v) is 11.3. The van der Waals surface area contributed by atoms with Crippen LogP contribution in [0.25, 0.3) is 0 Å². The highest BCUT2D eigenvalue weighted by Gasteiger charge is 2.19. The maximum Gasteiger partial charge on any atom is 0.268 e. The van der Waals surface area contributed by atoms with Gasteiger partial charge in [-0.3, -0.25) is 4.57 Å². The Morgan fingerprint density at radius 3 is 1.61 bits per heavy atom. The molecule has 0 bridgehead atoms. The van der Waals surface area contributed by atoms with Crippen LogP contribution in [0.4, 0.5) is 0 Å². The van der Waals surface area contributed by atoms with Gasteiger partial charge in [0.1, 0.15) is 13.2 Å². The lowest BCUT2D eigenvalue weighted by Crippen LogP contribution is -2.37. The molecule has 1 N–H and O–H groups in total. The minimum absolute atomic E-state index is 0.0847. The number of likely N-dealkylation sites (N-methyl/N-ethyl adjacent to an activating group) is 1. The van der Waals surface area contributed by atoms with Crippen molar-refractivity contribution in [2.75, 3.05) is 40.9 Å². The van der Waals surface area contributed by atoms with Crippen LogP contribution < -0.4 is 4.89 Å². The molecule has 0 aromatic rings. The molecule has 0 heterocycles. The molecular formula is C24H52NO5P. The number of rotatable bonds is 23. The Morgan fingerprint density at radius 2 is 1.23 bits per heavy atom. The van der Waals surface area contributed by atoms with Gasteiger partial charge in [0.15, 0.2) is 0 Å². The molecule has 0 amide bonds. The summed E-state index contributed by atoms with van der Waals surface area (Å²) in [6.07, 6.45) is 19.2. The third-order valence-corrected chi connectivity index (χ3v) is 6.68. The molecule has 0 saturated heterocycles. The van der Waals surface area contributed by atoms with Gasteiger partial charge in [0, 0.05) is 0 Å². The zero-order valence-electron chi connectivity index (χ0n) is 21.0. The summed E-state index contributed by atoms with van der Waals surface area (Å²) in [4.78, 5) is 11.9. The van der Waals surface area contributed by atoms with Gasteiger partial charge in [-0.05, 0) is 6.42 Å². The summed E-state index contributed by atoms with van der Waals surface area (Å²) in [5.74, 6) is 0. The molecule has 0 aliphatic heterocycles. The number of phosphoric acid groups is 1. The zero-order chi connectivity index (χ0) is 23.4. The van der Waals surface area contributed by atoms with Crippen LogP contribution in [0.5, 0.6) is 0 Å². The summed E-state index contributed by atoms with van der Waals surface area (Å²) in [6.45, 7) is 2.61. The minimum Gasteiger partial charge on any atom is -0.756 e. The van der Waals surface area contributed by atoms with Gasteiger partial charge >= 0.3 is 0 Å². The lowest BCUT2D eigenvalue weighted by Gasteiger charge is -2.29. The molecule has 0 spiro atoms. The van der Waals surface area contributed by atoms with Crippen molar-refractivity contribution in [3.05, 3.63) is 0 Å². The van der Waals surface area contributed by atoms with Gasteiger partial charge in [-0.2, -0.15) is 0 Å². The number of hydrogen-bond acceptors (Lipinski definition) is 5. The molecule has 0 aliphatic carbocycles. The van der Waals surface area contributed by atoms with E-state index in [1.165, 1.54) is 77.0 Å². The first kappa shape index (κ1) is 31.0. The van der Waals surface area contributed by atoms with Crippen molar-refractivity contribution >= 4 is 7.82 Å². The third kappa shape index (κ3) is 23.0. The van der Waals surface area contributed by atoms with Gasteiger partial charge in [0.25, 0.3) is 7.82 Å². The van der Waals surface area contributed by atoms with Crippen LogP contribution in [0.1, 0.15) is 110 Å². The smallest absolute Gasteiger partial charge is 0.268 e. The molecule has 0 aliphatic rings. The predicted octanol–water partition coefficient (Wildman–Crippen LogP) is 5.82. The van der Waals surface area contributed by atoms with E-state index in [4.69, 9.17) is 9.05 Å². The second kappa shape index (κ2) is 19.5. The zero-order valence-corrected chi connectivity index (χ0v) is 21.9. The molecule has 188 valence electrons. The van der Waals surface area contributed by atoms with E-state index in [0.717, 1.165) is 19.3 Å². The topological polar surface area (TPSA) is 78.8 Å². The fraction of sp³-hybridized carbons (Fsp3) is 1.00. The van der Waals surface area contributed by atoms with E-state index < -0.39 is 13.9 Å². The second-order valence-electron chi connectivity index (χ2n) is 9.94. The molecule has 0 fully saturated rings. The van der Waals surface area contributed by atoms with E-state index in [0.29, 0.717) is 17.4 Å². The van der Waals surface area contributed by atoms with Crippen molar-refractivity contribution < 1.29 is 28.1 Å². The highest BCUT2D eigenvalue weighted by atomic mass is 31.2. The van der Waals surface area contributed by atoms with E-state index in [1.54, 1.807) is 0 Å². The van der Waals surface area contributed by atoms with E-state index in [9.17, 15) is 14.6 Å². The monoisotopic (exact) mass is 465 g/mol. The molecule has 31 heavy (non-hydrogen) atoms. The van der Waals surface area contributed by atoms with E-state index in [1.807, 2.05) is 21.1 Å². The highest BCUT2D eigenvalue weighted by molar-refractivity contribution is 7.45. The van der Waals surface area contributed by atoms with Crippen LogP contribution in [0.2, 0.25) is 0 Å². The molecule has 7 heteroatoms. The van der Waals surface area contributed by atoms with Gasteiger partial charge in [0.05, 0.1) is 33.9 Å². The van der Waals surface area contributed by atoms with Crippen LogP contribution in [0, 0.1) is 0 Å². The van der Waals surface area contributed by atoms with Crippen LogP contribution in [-0.2, 0) is 13.6 Å². The van der Waals surface area contributed by atoms with E-state index in [2.05, 4.69) is 6.92 Å². The lowest BCUT2D eigenvalue weighted by molar-refractivity contribution is -0.870. The van der Waals surface area contributed by atoms with Crippen LogP contribution in [0.3, 0.4) is 0 Å². The number of quaternary nitrogens is 1. The summed E-state index contributed by atoms with van der Waals surface area (Å²) in [5.41, 5.74) is 0. The van der Waals surface area contributed by atoms with Crippen molar-refractivity contribution in [2.24, 2.45) is 0 Å². The highest BCUT2D eigenvalue weighted by Crippen LogP contribution is 2.40. The Bertz CT molecular complexity index is 442. The predicted molar refractivity (Wildman–Crippen MR) is 128 cm³/mol. The first-order chi connectivity index (χ1) is 14.7. The number of aliphatic hydroxyl groups is 1. The first-order valence-electron chi connectivity index (χ1n) is 12.8. The first-order valence-corrected chi connectivity index (χ1v) is 14.2. The number of nitrogens with zero attached hydrogens (tertiary/aromatic N) is 1. The van der Waals surface area contributed by atoms with Gasteiger partial charge in [0.2, 0.25) is 0 Å². The minimum atomic E-state index is -4.36. The maximum absolute atomic E-state index is 11.9. The normalized spacial score (nSPS) is 15.2. The number of hydrogen-bond donors (Lipinski definition) is 1. The van der Waals surface area contributed by atoms with Crippen molar-refractivity contribution in [1.82, 2.24) is 0 Å². The van der Waals surface area contributed by atoms with Crippen molar-refractivity contribution in [1.29, 1.82) is 0 Å². The van der Waals surface area contributed by atoms with Gasteiger partial charge in [-0.15, -0.1) is 0 Å². The fourth-order valence-electron chi connectivity index (χ4n) is 3.56. The Balaban J connectivity index is 3.58. The van der Waals surface area contributed by atoms with Gasteiger partial charge in [-0.25, -0.2) is 0 Å². The van der Waals surface area contributed by atoms with Gasteiger partial charge < -0.3 is 23.5 Å². The summed E-state index contributed by atoms with van der Waals surface area (Å²) >= 11 is 0. The van der Waals surface area contributed by atoms with Crippen LogP contribution >= 0.6 is 7.82 Å². The molecule has 0 aromatic carbocycles. The maximum atomic E-state index is 11.9. The lowest BCUT2D eigenvalue weighted by atomic mass is 10.0. The average Bonchev–Trinajstić information content (AvgIpc) is 2.68. The number of aliphatic hydroxyl groups excluding tert-OH is 1. The molecule has 0 rings (SSSR count). The standard InChI is InChI=1S/C24H52NO5P/c1-5-6-7-8-9-10-11-12-13-14-15-16-17-18-19-20-24(23-26)30-31(27,28)29-22-21-25(2,3)4/h24,26H,5-23H2,1-4H3. The molecule has 2 atom stereocenters. The Hall–Kier alpha value is 0.0300.